The minimum absolute atomic E-state index is 0.0870. The summed E-state index contributed by atoms with van der Waals surface area (Å²) in [6.45, 7) is 3.78. The summed E-state index contributed by atoms with van der Waals surface area (Å²) in [4.78, 5) is 13.5. The van der Waals surface area contributed by atoms with Crippen LogP contribution in [0.2, 0.25) is 0 Å². The number of carbonyl (C=O) groups is 1. The quantitative estimate of drug-likeness (QED) is 0.850. The van der Waals surface area contributed by atoms with Crippen molar-refractivity contribution in [3.05, 3.63) is 32.7 Å². The molecule has 1 aromatic rings. The van der Waals surface area contributed by atoms with Gasteiger partial charge in [-0.2, -0.15) is 0 Å². The maximum atomic E-state index is 11.2. The molecule has 0 amide bonds. The van der Waals surface area contributed by atoms with E-state index in [2.05, 4.69) is 48.9 Å². The fourth-order valence-corrected chi connectivity index (χ4v) is 4.09. The van der Waals surface area contributed by atoms with Crippen LogP contribution in [0.25, 0.3) is 0 Å². The maximum Gasteiger partial charge on any atom is 0.308 e. The largest absolute Gasteiger partial charge is 0.481 e. The summed E-state index contributed by atoms with van der Waals surface area (Å²) in [6, 6.07) is 6.26. The van der Waals surface area contributed by atoms with Crippen molar-refractivity contribution in [1.82, 2.24) is 4.90 Å². The molecule has 0 spiro atoms. The number of benzene rings is 1. The van der Waals surface area contributed by atoms with Crippen LogP contribution < -0.4 is 0 Å². The van der Waals surface area contributed by atoms with Gasteiger partial charge in [0.05, 0.1) is 5.92 Å². The van der Waals surface area contributed by atoms with Gasteiger partial charge in [-0.3, -0.25) is 9.69 Å². The molecule has 1 heterocycles. The van der Waals surface area contributed by atoms with Crippen molar-refractivity contribution in [2.45, 2.75) is 32.4 Å². The van der Waals surface area contributed by atoms with Crippen molar-refractivity contribution < 1.29 is 9.90 Å². The summed E-state index contributed by atoms with van der Waals surface area (Å²) in [5.41, 5.74) is 1.19. The van der Waals surface area contributed by atoms with E-state index in [1.807, 2.05) is 13.0 Å². The molecule has 0 saturated carbocycles. The Hall–Kier alpha value is -0.390. The molecule has 1 fully saturated rings. The van der Waals surface area contributed by atoms with E-state index in [1.54, 1.807) is 0 Å². The fraction of sp³-hybridized carbons (Fsp3) is 0.500. The molecule has 0 unspecified atom stereocenters. The van der Waals surface area contributed by atoms with E-state index in [4.69, 9.17) is 0 Å². The van der Waals surface area contributed by atoms with Crippen LogP contribution in [0.5, 0.6) is 0 Å². The summed E-state index contributed by atoms with van der Waals surface area (Å²) < 4.78 is 2.08. The smallest absolute Gasteiger partial charge is 0.308 e. The first kappa shape index (κ1) is 15.0. The highest BCUT2D eigenvalue weighted by Crippen LogP contribution is 2.27. The Balaban J connectivity index is 2.11. The lowest BCUT2D eigenvalue weighted by Crippen LogP contribution is -2.45. The molecule has 1 aromatic carbocycles. The van der Waals surface area contributed by atoms with Crippen LogP contribution >= 0.6 is 31.9 Å². The molecule has 2 rings (SSSR count). The second kappa shape index (κ2) is 6.37. The lowest BCUT2D eigenvalue weighted by molar-refractivity contribution is -0.145. The predicted molar refractivity (Wildman–Crippen MR) is 82.1 cm³/mol. The monoisotopic (exact) mass is 389 g/mol. The third kappa shape index (κ3) is 3.80. The molecular formula is C14H17Br2NO2. The summed E-state index contributed by atoms with van der Waals surface area (Å²) >= 11 is 6.97. The van der Waals surface area contributed by atoms with Crippen molar-refractivity contribution in [2.75, 3.05) is 6.54 Å². The highest BCUT2D eigenvalue weighted by Gasteiger charge is 2.32. The molecular weight excluding hydrogens is 374 g/mol. The molecule has 1 N–H and O–H groups in total. The maximum absolute atomic E-state index is 11.2. The topological polar surface area (TPSA) is 40.5 Å². The summed E-state index contributed by atoms with van der Waals surface area (Å²) in [5, 5.41) is 9.24. The first-order chi connectivity index (χ1) is 8.97. The first-order valence-corrected chi connectivity index (χ1v) is 7.98. The average Bonchev–Trinajstić information content (AvgIpc) is 2.30. The Bertz CT molecular complexity index is 458. The van der Waals surface area contributed by atoms with Gasteiger partial charge in [-0.05, 0) is 50.1 Å². The standard InChI is InChI=1S/C14H17Br2NO2/c1-9-13(14(18)19)3-2-4-17(9)8-10-5-11(15)7-12(16)6-10/h5-7,9,13H,2-4,8H2,1H3,(H,18,19)/t9-,13-/m1/s1. The molecule has 19 heavy (non-hydrogen) atoms. The first-order valence-electron chi connectivity index (χ1n) is 6.39. The minimum Gasteiger partial charge on any atom is -0.481 e. The Morgan fingerprint density at radius 2 is 2.00 bits per heavy atom. The summed E-state index contributed by atoms with van der Waals surface area (Å²) in [7, 11) is 0. The minimum atomic E-state index is -0.673. The predicted octanol–water partition coefficient (Wildman–Crippen LogP) is 3.90. The van der Waals surface area contributed by atoms with E-state index in [0.29, 0.717) is 0 Å². The molecule has 0 radical (unpaired) electrons. The number of carboxylic acid groups (broad SMARTS) is 1. The third-order valence-corrected chi connectivity index (χ3v) is 4.66. The van der Waals surface area contributed by atoms with E-state index >= 15 is 0 Å². The normalized spacial score (nSPS) is 24.4. The second-order valence-electron chi connectivity index (χ2n) is 5.08. The van der Waals surface area contributed by atoms with E-state index in [-0.39, 0.29) is 12.0 Å². The zero-order valence-electron chi connectivity index (χ0n) is 10.8. The molecule has 0 aromatic heterocycles. The van der Waals surface area contributed by atoms with Gasteiger partial charge < -0.3 is 5.11 Å². The van der Waals surface area contributed by atoms with Crippen LogP contribution in [0.1, 0.15) is 25.3 Å². The second-order valence-corrected chi connectivity index (χ2v) is 6.91. The van der Waals surface area contributed by atoms with Gasteiger partial charge >= 0.3 is 5.97 Å². The molecule has 1 aliphatic rings. The molecule has 104 valence electrons. The number of halogens is 2. The SMILES string of the molecule is C[C@@H]1[C@H](C(=O)O)CCCN1Cc1cc(Br)cc(Br)c1. The average molecular weight is 391 g/mol. The number of hydrogen-bond acceptors (Lipinski definition) is 2. The van der Waals surface area contributed by atoms with Gasteiger partial charge in [0.25, 0.3) is 0 Å². The summed E-state index contributed by atoms with van der Waals surface area (Å²) in [5.74, 6) is -0.919. The zero-order chi connectivity index (χ0) is 14.0. The lowest BCUT2D eigenvalue weighted by atomic mass is 9.90. The number of rotatable bonds is 3. The van der Waals surface area contributed by atoms with Crippen LogP contribution in [0.4, 0.5) is 0 Å². The van der Waals surface area contributed by atoms with Crippen LogP contribution in [-0.2, 0) is 11.3 Å². The van der Waals surface area contributed by atoms with Gasteiger partial charge in [-0.25, -0.2) is 0 Å². The molecule has 5 heteroatoms. The Kier molecular flexibility index (Phi) is 5.03. The van der Waals surface area contributed by atoms with Crippen molar-refractivity contribution >= 4 is 37.8 Å². The molecule has 2 atom stereocenters. The fourth-order valence-electron chi connectivity index (χ4n) is 2.70. The zero-order valence-corrected chi connectivity index (χ0v) is 13.9. The van der Waals surface area contributed by atoms with Crippen molar-refractivity contribution in [2.24, 2.45) is 5.92 Å². The molecule has 0 aliphatic carbocycles. The van der Waals surface area contributed by atoms with Crippen LogP contribution in [0.3, 0.4) is 0 Å². The van der Waals surface area contributed by atoms with Gasteiger partial charge in [0, 0.05) is 21.5 Å². The third-order valence-electron chi connectivity index (χ3n) is 3.74. The van der Waals surface area contributed by atoms with E-state index in [1.165, 1.54) is 5.56 Å². The van der Waals surface area contributed by atoms with Crippen molar-refractivity contribution in [1.29, 1.82) is 0 Å². The van der Waals surface area contributed by atoms with Gasteiger partial charge in [-0.1, -0.05) is 31.9 Å². The number of hydrogen-bond donors (Lipinski definition) is 1. The highest BCUT2D eigenvalue weighted by molar-refractivity contribution is 9.11. The van der Waals surface area contributed by atoms with Gasteiger partial charge in [-0.15, -0.1) is 0 Å². The number of aliphatic carboxylic acids is 1. The van der Waals surface area contributed by atoms with E-state index in [0.717, 1.165) is 34.9 Å². The van der Waals surface area contributed by atoms with Crippen molar-refractivity contribution in [3.63, 3.8) is 0 Å². The summed E-state index contributed by atoms with van der Waals surface area (Å²) in [6.07, 6.45) is 1.74. The number of carboxylic acids is 1. The van der Waals surface area contributed by atoms with Gasteiger partial charge in [0.15, 0.2) is 0 Å². The number of piperidine rings is 1. The van der Waals surface area contributed by atoms with E-state index in [9.17, 15) is 9.90 Å². The molecule has 3 nitrogen and oxygen atoms in total. The Morgan fingerprint density at radius 1 is 1.37 bits per heavy atom. The van der Waals surface area contributed by atoms with E-state index < -0.39 is 5.97 Å². The van der Waals surface area contributed by atoms with Crippen LogP contribution in [0, 0.1) is 5.92 Å². The lowest BCUT2D eigenvalue weighted by Gasteiger charge is -2.37. The number of nitrogens with zero attached hydrogens (tertiary/aromatic N) is 1. The highest BCUT2D eigenvalue weighted by atomic mass is 79.9. The molecule has 1 aliphatic heterocycles. The Labute approximate surface area is 130 Å². The van der Waals surface area contributed by atoms with Crippen molar-refractivity contribution in [3.8, 4) is 0 Å². The van der Waals surface area contributed by atoms with Gasteiger partial charge in [0.2, 0.25) is 0 Å². The van der Waals surface area contributed by atoms with Crippen LogP contribution in [0.15, 0.2) is 27.1 Å². The number of likely N-dealkylation sites (tertiary alicyclic amines) is 1. The molecule has 1 saturated heterocycles. The molecule has 0 bridgehead atoms. The van der Waals surface area contributed by atoms with Gasteiger partial charge in [0.1, 0.15) is 0 Å². The van der Waals surface area contributed by atoms with Crippen LogP contribution in [-0.4, -0.2) is 28.6 Å². The Morgan fingerprint density at radius 3 is 2.58 bits per heavy atom.